The van der Waals surface area contributed by atoms with Crippen LogP contribution in [0, 0.1) is 6.92 Å². The summed E-state index contributed by atoms with van der Waals surface area (Å²) in [6.45, 7) is 6.41. The molecule has 202 valence electrons. The van der Waals surface area contributed by atoms with Crippen molar-refractivity contribution < 1.29 is 17.9 Å². The number of aromatic nitrogens is 2. The molecule has 0 unspecified atom stereocenters. The van der Waals surface area contributed by atoms with E-state index >= 15 is 0 Å². The smallest absolute Gasteiger partial charge is 0.260 e. The summed E-state index contributed by atoms with van der Waals surface area (Å²) in [5, 5.41) is 1.67. The van der Waals surface area contributed by atoms with Crippen LogP contribution in [0.2, 0.25) is 10.2 Å². The van der Waals surface area contributed by atoms with Gasteiger partial charge in [0.25, 0.3) is 15.9 Å². The summed E-state index contributed by atoms with van der Waals surface area (Å²) in [5.41, 5.74) is 2.12. The third kappa shape index (κ3) is 8.48. The van der Waals surface area contributed by atoms with Crippen LogP contribution >= 0.6 is 23.2 Å². The van der Waals surface area contributed by atoms with Gasteiger partial charge in [-0.15, -0.1) is 0 Å². The lowest BCUT2D eigenvalue weighted by Gasteiger charge is -2.13. The van der Waals surface area contributed by atoms with Gasteiger partial charge in [-0.25, -0.2) is 18.1 Å². The highest BCUT2D eigenvalue weighted by molar-refractivity contribution is 7.93. The van der Waals surface area contributed by atoms with Gasteiger partial charge in [-0.05, 0) is 55.7 Å². The molecule has 38 heavy (non-hydrogen) atoms. The molecule has 0 atom stereocenters. The van der Waals surface area contributed by atoms with Crippen LogP contribution in [0.5, 0.6) is 5.75 Å². The van der Waals surface area contributed by atoms with E-state index in [-0.39, 0.29) is 10.7 Å². The molecule has 0 aliphatic carbocycles. The van der Waals surface area contributed by atoms with Crippen molar-refractivity contribution >= 4 is 51.3 Å². The van der Waals surface area contributed by atoms with Gasteiger partial charge in [0.1, 0.15) is 11.6 Å². The normalized spacial score (nSPS) is 12.2. The Kier molecular flexibility index (Phi) is 10.6. The molecule has 1 heterocycles. The monoisotopic (exact) mass is 575 g/mol. The number of amides is 1. The summed E-state index contributed by atoms with van der Waals surface area (Å²) < 4.78 is 34.4. The maximum atomic E-state index is 12.7. The van der Waals surface area contributed by atoms with Gasteiger partial charge in [-0.3, -0.25) is 4.79 Å². The average Bonchev–Trinajstić information content (AvgIpc) is 3.14. The number of halogens is 2. The zero-order chi connectivity index (χ0) is 27.7. The Morgan fingerprint density at radius 1 is 1.13 bits per heavy atom. The molecule has 0 saturated heterocycles. The van der Waals surface area contributed by atoms with E-state index in [2.05, 4.69) is 16.6 Å². The maximum Gasteiger partial charge on any atom is 0.260 e. The SMILES string of the molecule is CCCCCOc1ccc(Cn2c(C)nc(Cl)c2C=C(C)C(=O)NS(=O)(=O)C=Cc2ccccc2)c(Cl)c1. The summed E-state index contributed by atoms with van der Waals surface area (Å²) in [6.07, 6.45) is 6.13. The van der Waals surface area contributed by atoms with Gasteiger partial charge in [0.2, 0.25) is 0 Å². The van der Waals surface area contributed by atoms with E-state index in [0.29, 0.717) is 41.0 Å². The van der Waals surface area contributed by atoms with Crippen molar-refractivity contribution in [1.82, 2.24) is 14.3 Å². The number of aryl methyl sites for hydroxylation is 1. The van der Waals surface area contributed by atoms with Crippen LogP contribution in [0.25, 0.3) is 12.2 Å². The van der Waals surface area contributed by atoms with Crippen LogP contribution in [-0.2, 0) is 21.4 Å². The van der Waals surface area contributed by atoms with Crippen molar-refractivity contribution in [1.29, 1.82) is 0 Å². The molecule has 0 aliphatic rings. The maximum absolute atomic E-state index is 12.7. The minimum atomic E-state index is -4.01. The molecule has 1 N–H and O–H groups in total. The second-order valence-electron chi connectivity index (χ2n) is 8.75. The fourth-order valence-corrected chi connectivity index (χ4v) is 4.92. The van der Waals surface area contributed by atoms with Gasteiger partial charge in [0.15, 0.2) is 5.15 Å². The van der Waals surface area contributed by atoms with Gasteiger partial charge in [0.05, 0.1) is 24.3 Å². The number of nitrogens with zero attached hydrogens (tertiary/aromatic N) is 2. The summed E-state index contributed by atoms with van der Waals surface area (Å²) in [6, 6.07) is 14.4. The van der Waals surface area contributed by atoms with Crippen molar-refractivity contribution in [2.75, 3.05) is 6.61 Å². The van der Waals surface area contributed by atoms with E-state index in [4.69, 9.17) is 27.9 Å². The molecule has 3 rings (SSSR count). The molecule has 0 spiro atoms. The lowest BCUT2D eigenvalue weighted by Crippen LogP contribution is -2.29. The number of imidazole rings is 1. The lowest BCUT2D eigenvalue weighted by atomic mass is 10.2. The Bertz CT molecular complexity index is 1430. The summed E-state index contributed by atoms with van der Waals surface area (Å²) in [7, 11) is -4.01. The topological polar surface area (TPSA) is 90.3 Å². The third-order valence-corrected chi connectivity index (χ3v) is 7.30. The lowest BCUT2D eigenvalue weighted by molar-refractivity contribution is -0.115. The van der Waals surface area contributed by atoms with Crippen molar-refractivity contribution in [2.45, 2.75) is 46.6 Å². The Hall–Kier alpha value is -3.07. The summed E-state index contributed by atoms with van der Waals surface area (Å²) in [5.74, 6) is 0.543. The molecule has 2 aromatic carbocycles. The zero-order valence-electron chi connectivity index (χ0n) is 21.6. The first kappa shape index (κ1) is 29.5. The number of rotatable bonds is 12. The average molecular weight is 577 g/mol. The Labute approximate surface area is 234 Å². The Morgan fingerprint density at radius 2 is 1.87 bits per heavy atom. The van der Waals surface area contributed by atoms with E-state index in [1.165, 1.54) is 19.1 Å². The first-order valence-electron chi connectivity index (χ1n) is 12.2. The molecule has 0 fully saturated rings. The first-order chi connectivity index (χ1) is 18.1. The van der Waals surface area contributed by atoms with Crippen molar-refractivity contribution in [2.24, 2.45) is 0 Å². The molecular weight excluding hydrogens is 545 g/mol. The van der Waals surface area contributed by atoms with Crippen molar-refractivity contribution in [3.63, 3.8) is 0 Å². The minimum absolute atomic E-state index is 0.145. The third-order valence-electron chi connectivity index (χ3n) is 5.71. The highest BCUT2D eigenvalue weighted by Gasteiger charge is 2.17. The van der Waals surface area contributed by atoms with Gasteiger partial charge < -0.3 is 9.30 Å². The Morgan fingerprint density at radius 3 is 2.55 bits per heavy atom. The van der Waals surface area contributed by atoms with Crippen molar-refractivity contribution in [3.05, 3.63) is 92.3 Å². The molecule has 10 heteroatoms. The molecule has 3 aromatic rings. The Balaban J connectivity index is 1.75. The van der Waals surface area contributed by atoms with Crippen LogP contribution < -0.4 is 9.46 Å². The molecule has 1 amide bonds. The molecule has 0 saturated carbocycles. The second kappa shape index (κ2) is 13.6. The highest BCUT2D eigenvalue weighted by Crippen LogP contribution is 2.27. The van der Waals surface area contributed by atoms with Gasteiger partial charge in [-0.1, -0.05) is 79.4 Å². The van der Waals surface area contributed by atoms with E-state index in [1.807, 2.05) is 22.8 Å². The summed E-state index contributed by atoms with van der Waals surface area (Å²) >= 11 is 12.9. The quantitative estimate of drug-likeness (QED) is 0.193. The predicted octanol–water partition coefficient (Wildman–Crippen LogP) is 6.64. The molecule has 0 radical (unpaired) electrons. The van der Waals surface area contributed by atoms with E-state index < -0.39 is 15.9 Å². The fraction of sp³-hybridized carbons (Fsp3) is 0.286. The first-order valence-corrected chi connectivity index (χ1v) is 14.5. The number of nitrogens with one attached hydrogen (secondary N) is 1. The van der Waals surface area contributed by atoms with Crippen LogP contribution in [0.4, 0.5) is 0 Å². The van der Waals surface area contributed by atoms with E-state index in [0.717, 1.165) is 30.2 Å². The minimum Gasteiger partial charge on any atom is -0.494 e. The van der Waals surface area contributed by atoms with E-state index in [9.17, 15) is 13.2 Å². The molecule has 1 aromatic heterocycles. The standard InChI is InChI=1S/C28H31Cl2N3O4S/c1-4-5-9-15-37-24-13-12-23(25(29)18-24)19-33-21(3)31-27(30)26(33)17-20(2)28(34)32-38(35,36)16-14-22-10-7-6-8-11-22/h6-8,10-14,16-18H,4-5,9,15,19H2,1-3H3,(H,32,34). The number of ether oxygens (including phenoxy) is 1. The van der Waals surface area contributed by atoms with Gasteiger partial charge in [0, 0.05) is 10.6 Å². The molecule has 7 nitrogen and oxygen atoms in total. The fourth-order valence-electron chi connectivity index (χ4n) is 3.59. The predicted molar refractivity (Wildman–Crippen MR) is 154 cm³/mol. The van der Waals surface area contributed by atoms with Gasteiger partial charge in [-0.2, -0.15) is 0 Å². The zero-order valence-corrected chi connectivity index (χ0v) is 23.9. The number of carbonyl (C=O) groups excluding carboxylic acids is 1. The number of benzene rings is 2. The van der Waals surface area contributed by atoms with Crippen LogP contribution in [0.15, 0.2) is 59.5 Å². The molecular formula is C28H31Cl2N3O4S. The van der Waals surface area contributed by atoms with Crippen LogP contribution in [-0.4, -0.2) is 30.5 Å². The number of hydrogen-bond acceptors (Lipinski definition) is 5. The molecule has 0 aliphatic heterocycles. The number of unbranched alkanes of at least 4 members (excludes halogenated alkanes) is 2. The second-order valence-corrected chi connectivity index (χ2v) is 11.1. The van der Waals surface area contributed by atoms with Crippen LogP contribution in [0.3, 0.4) is 0 Å². The van der Waals surface area contributed by atoms with Crippen LogP contribution in [0.1, 0.15) is 55.8 Å². The van der Waals surface area contributed by atoms with Crippen molar-refractivity contribution in [3.8, 4) is 5.75 Å². The highest BCUT2D eigenvalue weighted by atomic mass is 35.5. The largest absolute Gasteiger partial charge is 0.494 e. The molecule has 0 bridgehead atoms. The van der Waals surface area contributed by atoms with Gasteiger partial charge >= 0.3 is 0 Å². The summed E-state index contributed by atoms with van der Waals surface area (Å²) in [4.78, 5) is 17.0. The number of carbonyl (C=O) groups is 1. The number of hydrogen-bond donors (Lipinski definition) is 1. The number of sulfonamides is 1. The van der Waals surface area contributed by atoms with E-state index in [1.54, 1.807) is 37.3 Å².